The highest BCUT2D eigenvalue weighted by Gasteiger charge is 2.03. The van der Waals surface area contributed by atoms with E-state index in [1.54, 1.807) is 0 Å². The number of nitrogens with zero attached hydrogens (tertiary/aromatic N) is 1. The van der Waals surface area contributed by atoms with Crippen LogP contribution in [0.3, 0.4) is 0 Å². The van der Waals surface area contributed by atoms with Crippen LogP contribution in [0.15, 0.2) is 41.1 Å². The van der Waals surface area contributed by atoms with Gasteiger partial charge in [-0.25, -0.2) is 0 Å². The highest BCUT2D eigenvalue weighted by molar-refractivity contribution is 9.10. The molecule has 0 spiro atoms. The number of aryl methyl sites for hydroxylation is 1. The Kier molecular flexibility index (Phi) is 4.80. The monoisotopic (exact) mass is 319 g/mol. The van der Waals surface area contributed by atoms with Crippen LogP contribution in [-0.4, -0.2) is 11.5 Å². The summed E-state index contributed by atoms with van der Waals surface area (Å²) in [6.45, 7) is 5.12. The maximum atomic E-state index is 4.24. The lowest BCUT2D eigenvalue weighted by molar-refractivity contribution is 1.14. The fourth-order valence-corrected chi connectivity index (χ4v) is 2.35. The van der Waals surface area contributed by atoms with Gasteiger partial charge in [0.2, 0.25) is 0 Å². The Balaban J connectivity index is 2.23. The van der Waals surface area contributed by atoms with Gasteiger partial charge in [0.05, 0.1) is 23.8 Å². The number of aromatic nitrogens is 1. The summed E-state index contributed by atoms with van der Waals surface area (Å²) in [5.74, 6) is 0. The van der Waals surface area contributed by atoms with E-state index in [1.807, 2.05) is 18.5 Å². The molecule has 0 saturated heterocycles. The van der Waals surface area contributed by atoms with Crippen molar-refractivity contribution >= 4 is 33.0 Å². The topological polar surface area (TPSA) is 37.0 Å². The van der Waals surface area contributed by atoms with Crippen LogP contribution in [0.1, 0.15) is 19.4 Å². The molecule has 2 rings (SSSR count). The third-order valence-electron chi connectivity index (χ3n) is 2.85. The van der Waals surface area contributed by atoms with Crippen LogP contribution in [0.25, 0.3) is 0 Å². The van der Waals surface area contributed by atoms with Crippen molar-refractivity contribution in [3.63, 3.8) is 0 Å². The second-order valence-electron chi connectivity index (χ2n) is 4.27. The van der Waals surface area contributed by atoms with E-state index in [2.05, 4.69) is 63.6 Å². The smallest absolute Gasteiger partial charge is 0.0591 e. The van der Waals surface area contributed by atoms with Gasteiger partial charge in [0.1, 0.15) is 0 Å². The molecule has 2 N–H and O–H groups in total. The molecule has 100 valence electrons. The summed E-state index contributed by atoms with van der Waals surface area (Å²) in [6, 6.07) is 8.34. The zero-order valence-electron chi connectivity index (χ0n) is 11.2. The lowest BCUT2D eigenvalue weighted by atomic mass is 10.1. The summed E-state index contributed by atoms with van der Waals surface area (Å²) in [5, 5.41) is 6.69. The van der Waals surface area contributed by atoms with Crippen LogP contribution in [0, 0.1) is 0 Å². The zero-order valence-corrected chi connectivity index (χ0v) is 12.8. The van der Waals surface area contributed by atoms with Crippen molar-refractivity contribution in [1.82, 2.24) is 4.98 Å². The van der Waals surface area contributed by atoms with Crippen LogP contribution in [0.5, 0.6) is 0 Å². The quantitative estimate of drug-likeness (QED) is 0.846. The van der Waals surface area contributed by atoms with Gasteiger partial charge in [0, 0.05) is 16.7 Å². The summed E-state index contributed by atoms with van der Waals surface area (Å²) in [7, 11) is 0. The van der Waals surface area contributed by atoms with Gasteiger partial charge >= 0.3 is 0 Å². The molecule has 0 atom stereocenters. The van der Waals surface area contributed by atoms with Crippen LogP contribution < -0.4 is 10.6 Å². The van der Waals surface area contributed by atoms with Crippen molar-refractivity contribution in [2.24, 2.45) is 0 Å². The summed E-state index contributed by atoms with van der Waals surface area (Å²) >= 11 is 3.50. The molecule has 0 aliphatic heterocycles. The lowest BCUT2D eigenvalue weighted by Gasteiger charge is -2.12. The number of hydrogen-bond acceptors (Lipinski definition) is 3. The molecule has 2 aromatic rings. The molecule has 3 nitrogen and oxygen atoms in total. The van der Waals surface area contributed by atoms with Gasteiger partial charge in [-0.2, -0.15) is 0 Å². The molecule has 0 saturated carbocycles. The summed E-state index contributed by atoms with van der Waals surface area (Å²) < 4.78 is 1.11. The van der Waals surface area contributed by atoms with Crippen LogP contribution in [0.2, 0.25) is 0 Å². The molecule has 0 aliphatic carbocycles. The van der Waals surface area contributed by atoms with E-state index in [4.69, 9.17) is 0 Å². The largest absolute Gasteiger partial charge is 0.384 e. The van der Waals surface area contributed by atoms with E-state index in [9.17, 15) is 0 Å². The Bertz CT molecular complexity index is 555. The minimum absolute atomic E-state index is 0.892. The Morgan fingerprint density at radius 3 is 2.63 bits per heavy atom. The van der Waals surface area contributed by atoms with E-state index >= 15 is 0 Å². The first kappa shape index (κ1) is 13.9. The number of nitrogens with one attached hydrogen (secondary N) is 2. The maximum Gasteiger partial charge on any atom is 0.0591 e. The van der Waals surface area contributed by atoms with Crippen molar-refractivity contribution in [3.8, 4) is 0 Å². The number of hydrogen-bond donors (Lipinski definition) is 2. The van der Waals surface area contributed by atoms with E-state index in [-0.39, 0.29) is 0 Å². The van der Waals surface area contributed by atoms with Crippen molar-refractivity contribution in [3.05, 3.63) is 46.7 Å². The SMILES string of the molecule is CCNc1cncc(Nc2ccc(Br)cc2CC)c1. The van der Waals surface area contributed by atoms with Crippen molar-refractivity contribution in [2.75, 3.05) is 17.2 Å². The summed E-state index contributed by atoms with van der Waals surface area (Å²) in [5.41, 5.74) is 4.43. The van der Waals surface area contributed by atoms with Gasteiger partial charge in [-0.05, 0) is 43.2 Å². The average Bonchev–Trinajstić information content (AvgIpc) is 2.41. The molecule has 0 aliphatic rings. The van der Waals surface area contributed by atoms with Gasteiger partial charge in [-0.3, -0.25) is 4.98 Å². The van der Waals surface area contributed by atoms with Gasteiger partial charge in [-0.15, -0.1) is 0 Å². The van der Waals surface area contributed by atoms with Gasteiger partial charge in [-0.1, -0.05) is 22.9 Å². The summed E-state index contributed by atoms with van der Waals surface area (Å²) in [6.07, 6.45) is 4.65. The molecule has 0 amide bonds. The number of benzene rings is 1. The lowest BCUT2D eigenvalue weighted by Crippen LogP contribution is -2.00. The fourth-order valence-electron chi connectivity index (χ4n) is 1.94. The highest BCUT2D eigenvalue weighted by Crippen LogP contribution is 2.25. The molecule has 4 heteroatoms. The first-order chi connectivity index (χ1) is 9.22. The van der Waals surface area contributed by atoms with Crippen LogP contribution in [0.4, 0.5) is 17.1 Å². The van der Waals surface area contributed by atoms with E-state index in [0.717, 1.165) is 34.5 Å². The predicted octanol–water partition coefficient (Wildman–Crippen LogP) is 4.58. The second-order valence-corrected chi connectivity index (χ2v) is 5.19. The Morgan fingerprint density at radius 1 is 1.11 bits per heavy atom. The molecular formula is C15H18BrN3. The molecule has 0 radical (unpaired) electrons. The fraction of sp³-hybridized carbons (Fsp3) is 0.267. The van der Waals surface area contributed by atoms with Crippen molar-refractivity contribution < 1.29 is 0 Å². The molecule has 1 aromatic carbocycles. The third kappa shape index (κ3) is 3.70. The van der Waals surface area contributed by atoms with E-state index < -0.39 is 0 Å². The molecule has 0 fully saturated rings. The molecular weight excluding hydrogens is 302 g/mol. The number of pyridine rings is 1. The predicted molar refractivity (Wildman–Crippen MR) is 85.2 cm³/mol. The zero-order chi connectivity index (χ0) is 13.7. The number of halogens is 1. The van der Waals surface area contributed by atoms with Crippen molar-refractivity contribution in [1.29, 1.82) is 0 Å². The standard InChI is InChI=1S/C15H18BrN3/c1-3-11-7-12(16)5-6-15(11)19-14-8-13(18-4-2)9-17-10-14/h5-10,18-19H,3-4H2,1-2H3. The molecule has 1 heterocycles. The minimum Gasteiger partial charge on any atom is -0.384 e. The first-order valence-corrected chi connectivity index (χ1v) is 7.26. The molecule has 0 unspecified atom stereocenters. The summed E-state index contributed by atoms with van der Waals surface area (Å²) in [4.78, 5) is 4.24. The Hall–Kier alpha value is -1.55. The molecule has 19 heavy (non-hydrogen) atoms. The van der Waals surface area contributed by atoms with Crippen molar-refractivity contribution in [2.45, 2.75) is 20.3 Å². The average molecular weight is 320 g/mol. The third-order valence-corrected chi connectivity index (χ3v) is 3.34. The highest BCUT2D eigenvalue weighted by atomic mass is 79.9. The molecule has 1 aromatic heterocycles. The maximum absolute atomic E-state index is 4.24. The number of anilines is 3. The minimum atomic E-state index is 0.892. The van der Waals surface area contributed by atoms with E-state index in [0.29, 0.717) is 0 Å². The van der Waals surface area contributed by atoms with Crippen LogP contribution in [-0.2, 0) is 6.42 Å². The Labute approximate surface area is 122 Å². The normalized spacial score (nSPS) is 10.3. The van der Waals surface area contributed by atoms with E-state index in [1.165, 1.54) is 5.56 Å². The van der Waals surface area contributed by atoms with Gasteiger partial charge in [0.15, 0.2) is 0 Å². The van der Waals surface area contributed by atoms with Gasteiger partial charge < -0.3 is 10.6 Å². The van der Waals surface area contributed by atoms with Crippen LogP contribution >= 0.6 is 15.9 Å². The Morgan fingerprint density at radius 2 is 1.89 bits per heavy atom. The van der Waals surface area contributed by atoms with Gasteiger partial charge in [0.25, 0.3) is 0 Å². The second kappa shape index (κ2) is 6.57. The first-order valence-electron chi connectivity index (χ1n) is 6.47. The number of rotatable bonds is 5. The molecule has 0 bridgehead atoms.